The molecule has 0 fully saturated rings. The van der Waals surface area contributed by atoms with Crippen LogP contribution in [0.2, 0.25) is 5.15 Å². The Morgan fingerprint density at radius 2 is 2.00 bits per heavy atom. The molecule has 0 unspecified atom stereocenters. The van der Waals surface area contributed by atoms with Crippen LogP contribution in [-0.4, -0.2) is 65.8 Å². The second-order valence-electron chi connectivity index (χ2n) is 8.91. The van der Waals surface area contributed by atoms with Crippen LogP contribution in [0.3, 0.4) is 0 Å². The number of ether oxygens (including phenoxy) is 2. The van der Waals surface area contributed by atoms with Gasteiger partial charge in [-0.1, -0.05) is 11.6 Å². The topological polar surface area (TPSA) is 154 Å². The van der Waals surface area contributed by atoms with E-state index in [9.17, 15) is 14.2 Å². The summed E-state index contributed by atoms with van der Waals surface area (Å²) in [6.07, 6.45) is 1.47. The van der Waals surface area contributed by atoms with Gasteiger partial charge in [-0.25, -0.2) is 19.1 Å². The van der Waals surface area contributed by atoms with Gasteiger partial charge in [0.1, 0.15) is 24.6 Å². The molecule has 12 nitrogen and oxygen atoms in total. The van der Waals surface area contributed by atoms with Gasteiger partial charge in [0, 0.05) is 12.6 Å². The van der Waals surface area contributed by atoms with Crippen molar-refractivity contribution in [3.63, 3.8) is 0 Å². The Balaban J connectivity index is 1.68. The summed E-state index contributed by atoms with van der Waals surface area (Å²) in [5.74, 6) is 0.635. The highest BCUT2D eigenvalue weighted by atomic mass is 35.5. The van der Waals surface area contributed by atoms with Crippen molar-refractivity contribution in [3.05, 3.63) is 41.1 Å². The molecular weight excluding hydrogens is 533 g/mol. The molecule has 2 aromatic heterocycles. The predicted octanol–water partition coefficient (Wildman–Crippen LogP) is 2.02. The Bertz CT molecular complexity index is 1360. The van der Waals surface area contributed by atoms with Crippen molar-refractivity contribution in [2.45, 2.75) is 33.5 Å². The number of nitrogens with two attached hydrogens (primary N) is 1. The predicted molar refractivity (Wildman–Crippen MR) is 145 cm³/mol. The zero-order chi connectivity index (χ0) is 27.9. The molecular formula is C24H34ClN7O5P+. The quantitative estimate of drug-likeness (QED) is 0.161. The van der Waals surface area contributed by atoms with Gasteiger partial charge in [0.05, 0.1) is 32.2 Å². The van der Waals surface area contributed by atoms with E-state index in [1.807, 2.05) is 26.0 Å². The monoisotopic (exact) mass is 566 g/mol. The average molecular weight is 567 g/mol. The number of benzene rings is 1. The number of imidazole rings is 1. The van der Waals surface area contributed by atoms with Gasteiger partial charge in [-0.2, -0.15) is 0 Å². The van der Waals surface area contributed by atoms with Gasteiger partial charge in [-0.05, 0) is 39.3 Å². The van der Waals surface area contributed by atoms with E-state index in [0.29, 0.717) is 25.4 Å². The highest BCUT2D eigenvalue weighted by Gasteiger charge is 2.25. The van der Waals surface area contributed by atoms with Crippen molar-refractivity contribution in [2.24, 2.45) is 0 Å². The fraction of sp³-hybridized carbons (Fsp3) is 0.458. The van der Waals surface area contributed by atoms with Gasteiger partial charge in [0.15, 0.2) is 29.2 Å². The summed E-state index contributed by atoms with van der Waals surface area (Å²) in [4.78, 5) is 32.7. The fourth-order valence-corrected chi connectivity index (χ4v) is 4.59. The lowest BCUT2D eigenvalue weighted by atomic mass is 10.3. The lowest BCUT2D eigenvalue weighted by Crippen LogP contribution is -2.40. The number of nitrogens with zero attached hydrogens (tertiary/aromatic N) is 4. The van der Waals surface area contributed by atoms with E-state index < -0.39 is 13.0 Å². The minimum absolute atomic E-state index is 0.00241. The molecule has 3 aromatic rings. The zero-order valence-electron chi connectivity index (χ0n) is 22.0. The minimum Gasteiger partial charge on any atom is -0.484 e. The average Bonchev–Trinajstić information content (AvgIpc) is 3.18. The Hall–Kier alpha value is -3.21. The third-order valence-corrected chi connectivity index (χ3v) is 6.50. The molecule has 0 saturated heterocycles. The molecule has 0 atom stereocenters. The highest BCUT2D eigenvalue weighted by molar-refractivity contribution is 7.62. The van der Waals surface area contributed by atoms with Crippen LogP contribution in [0.25, 0.3) is 11.0 Å². The van der Waals surface area contributed by atoms with Gasteiger partial charge < -0.3 is 30.4 Å². The summed E-state index contributed by atoms with van der Waals surface area (Å²) in [5.41, 5.74) is 7.62. The van der Waals surface area contributed by atoms with E-state index in [1.165, 1.54) is 6.20 Å². The Labute approximate surface area is 226 Å². The van der Waals surface area contributed by atoms with E-state index in [1.54, 1.807) is 19.4 Å². The number of nitrogens with one attached hydrogen (secondary N) is 2. The molecule has 14 heteroatoms. The number of aromatic nitrogens is 4. The van der Waals surface area contributed by atoms with Crippen LogP contribution in [0, 0.1) is 0 Å². The van der Waals surface area contributed by atoms with Crippen molar-refractivity contribution in [2.75, 3.05) is 45.2 Å². The van der Waals surface area contributed by atoms with Crippen molar-refractivity contribution in [3.8, 4) is 5.75 Å². The maximum Gasteiger partial charge on any atom is 0.277 e. The maximum atomic E-state index is 12.7. The first-order valence-corrected chi connectivity index (χ1v) is 15.3. The molecule has 206 valence electrons. The molecule has 3 rings (SSSR count). The number of rotatable bonds is 13. The SMILES string of the molecule is CCn1c(CNC(=O)c2nc(Cl)cnc2N)[n+](CC)c2ccc(OCC(=O)NCCOCP(C)(C)=O)cc21. The van der Waals surface area contributed by atoms with Crippen molar-refractivity contribution in [1.29, 1.82) is 0 Å². The standard InChI is InChI=1S/C24H33ClN7O5P/c1-5-31-17-8-7-16(37-14-20(33)27-9-10-36-15-38(3,4)35)11-18(17)32(6-2)21(31)13-29-24(34)22-23(26)28-12-19(25)30-22/h7-8,11-12H,5-6,9-10,13-15H2,1-4H3,(H3-,26,27,28,29,33,34)/p+1. The summed E-state index contributed by atoms with van der Waals surface area (Å²) in [6, 6.07) is 5.59. The summed E-state index contributed by atoms with van der Waals surface area (Å²) >= 11 is 5.87. The van der Waals surface area contributed by atoms with E-state index in [-0.39, 0.29) is 48.7 Å². The molecule has 0 aliphatic heterocycles. The first-order chi connectivity index (χ1) is 18.0. The van der Waals surface area contributed by atoms with Crippen molar-refractivity contribution >= 4 is 47.4 Å². The smallest absolute Gasteiger partial charge is 0.277 e. The van der Waals surface area contributed by atoms with E-state index in [4.69, 9.17) is 26.8 Å². The number of carbonyl (C=O) groups excluding carboxylic acids is 2. The molecule has 2 heterocycles. The Morgan fingerprint density at radius 1 is 1.24 bits per heavy atom. The third kappa shape index (κ3) is 7.66. The molecule has 0 aliphatic carbocycles. The van der Waals surface area contributed by atoms with Gasteiger partial charge in [0.2, 0.25) is 0 Å². The lowest BCUT2D eigenvalue weighted by molar-refractivity contribution is -0.676. The van der Waals surface area contributed by atoms with E-state index >= 15 is 0 Å². The van der Waals surface area contributed by atoms with Gasteiger partial charge in [0.25, 0.3) is 17.6 Å². The number of fused-ring (bicyclic) bond motifs is 1. The molecule has 0 aliphatic rings. The molecule has 0 saturated carbocycles. The molecule has 0 spiro atoms. The van der Waals surface area contributed by atoms with Crippen molar-refractivity contribution in [1.82, 2.24) is 25.2 Å². The second-order valence-corrected chi connectivity index (χ2v) is 12.7. The maximum absolute atomic E-state index is 12.7. The fourth-order valence-electron chi connectivity index (χ4n) is 3.89. The van der Waals surface area contributed by atoms with Crippen LogP contribution >= 0.6 is 18.7 Å². The van der Waals surface area contributed by atoms with E-state index in [0.717, 1.165) is 16.9 Å². The Kier molecular flexibility index (Phi) is 10.1. The second kappa shape index (κ2) is 13.0. The molecule has 1 aromatic carbocycles. The summed E-state index contributed by atoms with van der Waals surface area (Å²) in [5, 5.41) is 5.65. The first kappa shape index (κ1) is 29.3. The van der Waals surface area contributed by atoms with E-state index in [2.05, 4.69) is 29.7 Å². The largest absolute Gasteiger partial charge is 0.484 e. The van der Waals surface area contributed by atoms with Gasteiger partial charge in [-0.15, -0.1) is 0 Å². The van der Waals surface area contributed by atoms with Crippen molar-refractivity contribution < 1.29 is 28.2 Å². The van der Waals surface area contributed by atoms with Gasteiger partial charge in [-0.3, -0.25) is 9.59 Å². The third-order valence-electron chi connectivity index (χ3n) is 5.52. The van der Waals surface area contributed by atoms with Crippen LogP contribution in [0.1, 0.15) is 30.2 Å². The van der Waals surface area contributed by atoms with Crippen LogP contribution < -0.4 is 25.7 Å². The molecule has 0 bridgehead atoms. The number of hydrogen-bond acceptors (Lipinski definition) is 8. The minimum atomic E-state index is -2.24. The summed E-state index contributed by atoms with van der Waals surface area (Å²) < 4.78 is 26.8. The Morgan fingerprint density at radius 3 is 2.68 bits per heavy atom. The summed E-state index contributed by atoms with van der Waals surface area (Å²) in [7, 11) is -2.24. The van der Waals surface area contributed by atoms with Crippen LogP contribution in [0.15, 0.2) is 24.4 Å². The number of halogens is 1. The number of hydrogen-bond donors (Lipinski definition) is 3. The first-order valence-electron chi connectivity index (χ1n) is 12.2. The normalized spacial score (nSPS) is 11.5. The highest BCUT2D eigenvalue weighted by Crippen LogP contribution is 2.35. The molecule has 2 amide bonds. The van der Waals surface area contributed by atoms with Gasteiger partial charge >= 0.3 is 0 Å². The molecule has 38 heavy (non-hydrogen) atoms. The summed E-state index contributed by atoms with van der Waals surface area (Å²) in [6.45, 7) is 9.28. The number of carbonyl (C=O) groups is 2. The van der Waals surface area contributed by atoms with Crippen LogP contribution in [0.5, 0.6) is 5.75 Å². The number of aryl methyl sites for hydroxylation is 2. The zero-order valence-corrected chi connectivity index (χ0v) is 23.6. The van der Waals surface area contributed by atoms with Crippen LogP contribution in [-0.2, 0) is 33.7 Å². The number of amides is 2. The molecule has 4 N–H and O–H groups in total. The number of anilines is 1. The molecule has 0 radical (unpaired) electrons. The lowest BCUT2D eigenvalue weighted by Gasteiger charge is -2.09. The van der Waals surface area contributed by atoms with Crippen LogP contribution in [0.4, 0.5) is 5.82 Å². The number of nitrogen functional groups attached to an aromatic ring is 1.